The highest BCUT2D eigenvalue weighted by atomic mass is 14.9. The average molecular weight is 134 g/mol. The van der Waals surface area contributed by atoms with E-state index in [0.29, 0.717) is 0 Å². The molecule has 1 nitrogen and oxygen atoms in total. The van der Waals surface area contributed by atoms with E-state index in [-0.39, 0.29) is 0 Å². The second kappa shape index (κ2) is 4.07. The van der Waals surface area contributed by atoms with Gasteiger partial charge >= 0.3 is 0 Å². The van der Waals surface area contributed by atoms with Gasteiger partial charge in [-0.15, -0.1) is 6.58 Å². The van der Waals surface area contributed by atoms with Gasteiger partial charge in [-0.05, 0) is 6.42 Å². The summed E-state index contributed by atoms with van der Waals surface area (Å²) in [5.41, 5.74) is 0. The van der Waals surface area contributed by atoms with Crippen LogP contribution in [0.2, 0.25) is 0 Å². The molecule has 1 aliphatic rings. The zero-order chi connectivity index (χ0) is 7.23. The standard InChI is InChI=1S/C9H12N/c1-2-8-10-9-6-4-3-5-7-9/h2-6,10H,1,7-8H2. The number of rotatable bonds is 3. The summed E-state index contributed by atoms with van der Waals surface area (Å²) in [4.78, 5) is 0. The Morgan fingerprint density at radius 3 is 3.10 bits per heavy atom. The molecule has 0 fully saturated rings. The van der Waals surface area contributed by atoms with Crippen LogP contribution in [-0.2, 0) is 0 Å². The summed E-state index contributed by atoms with van der Waals surface area (Å²) in [5, 5.41) is 3.23. The first-order valence-electron chi connectivity index (χ1n) is 3.47. The van der Waals surface area contributed by atoms with Crippen molar-refractivity contribution in [1.82, 2.24) is 5.32 Å². The first kappa shape index (κ1) is 7.29. The van der Waals surface area contributed by atoms with Gasteiger partial charge in [0.1, 0.15) is 0 Å². The predicted octanol–water partition coefficient (Wildman–Crippen LogP) is 1.81. The number of nitrogens with one attached hydrogen (secondary N) is 1. The van der Waals surface area contributed by atoms with Crippen LogP contribution in [0.3, 0.4) is 0 Å². The van der Waals surface area contributed by atoms with Gasteiger partial charge in [0.15, 0.2) is 0 Å². The van der Waals surface area contributed by atoms with Crippen molar-refractivity contribution in [2.24, 2.45) is 0 Å². The van der Waals surface area contributed by atoms with Crippen molar-refractivity contribution in [3.63, 3.8) is 0 Å². The molecule has 0 aromatic heterocycles. The summed E-state index contributed by atoms with van der Waals surface area (Å²) in [7, 11) is 0. The van der Waals surface area contributed by atoms with E-state index in [1.165, 1.54) is 6.04 Å². The molecule has 0 bridgehead atoms. The van der Waals surface area contributed by atoms with Crippen LogP contribution in [0, 0.1) is 6.04 Å². The molecule has 0 aromatic carbocycles. The van der Waals surface area contributed by atoms with Gasteiger partial charge in [0.05, 0.1) is 6.04 Å². The summed E-state index contributed by atoms with van der Waals surface area (Å²) in [6, 6.07) is 1.27. The third-order valence-corrected chi connectivity index (χ3v) is 1.36. The molecule has 0 aromatic rings. The number of hydrogen-bond donors (Lipinski definition) is 1. The maximum Gasteiger partial charge on any atom is 0.0629 e. The van der Waals surface area contributed by atoms with Gasteiger partial charge in [-0.25, -0.2) is 0 Å². The molecule has 1 N–H and O–H groups in total. The lowest BCUT2D eigenvalue weighted by molar-refractivity contribution is 0.776. The minimum atomic E-state index is 0.855. The van der Waals surface area contributed by atoms with Crippen molar-refractivity contribution in [2.45, 2.75) is 6.42 Å². The third-order valence-electron chi connectivity index (χ3n) is 1.36. The molecule has 1 radical (unpaired) electrons. The molecule has 0 aliphatic heterocycles. The molecule has 0 atom stereocenters. The fourth-order valence-corrected chi connectivity index (χ4v) is 0.848. The molecule has 0 spiro atoms. The molecule has 1 rings (SSSR count). The topological polar surface area (TPSA) is 12.0 Å². The van der Waals surface area contributed by atoms with Crippen molar-refractivity contribution in [3.05, 3.63) is 43.0 Å². The van der Waals surface area contributed by atoms with Gasteiger partial charge in [0.25, 0.3) is 0 Å². The monoisotopic (exact) mass is 134 g/mol. The molecule has 1 aliphatic carbocycles. The van der Waals surface area contributed by atoms with Crippen LogP contribution in [0.4, 0.5) is 0 Å². The van der Waals surface area contributed by atoms with E-state index >= 15 is 0 Å². The Balaban J connectivity index is 2.23. The fourth-order valence-electron chi connectivity index (χ4n) is 0.848. The van der Waals surface area contributed by atoms with Crippen molar-refractivity contribution >= 4 is 0 Å². The molecular weight excluding hydrogens is 122 g/mol. The van der Waals surface area contributed by atoms with Crippen LogP contribution < -0.4 is 5.32 Å². The van der Waals surface area contributed by atoms with Gasteiger partial charge in [0, 0.05) is 6.54 Å². The van der Waals surface area contributed by atoms with Crippen LogP contribution in [0.1, 0.15) is 6.42 Å². The zero-order valence-corrected chi connectivity index (χ0v) is 6.01. The molecule has 10 heavy (non-hydrogen) atoms. The van der Waals surface area contributed by atoms with Gasteiger partial charge < -0.3 is 5.32 Å². The largest absolute Gasteiger partial charge is 0.302 e. The average Bonchev–Trinajstić information content (AvgIpc) is 2.03. The third kappa shape index (κ3) is 2.19. The number of hydrogen-bond acceptors (Lipinski definition) is 1. The summed E-state index contributed by atoms with van der Waals surface area (Å²) >= 11 is 0. The van der Waals surface area contributed by atoms with Crippen molar-refractivity contribution in [3.8, 4) is 0 Å². The minimum Gasteiger partial charge on any atom is -0.302 e. The van der Waals surface area contributed by atoms with E-state index in [1.807, 2.05) is 12.2 Å². The maximum absolute atomic E-state index is 3.63. The Kier molecular flexibility index (Phi) is 2.97. The van der Waals surface area contributed by atoms with Crippen molar-refractivity contribution < 1.29 is 0 Å². The highest BCUT2D eigenvalue weighted by molar-refractivity contribution is 5.22. The van der Waals surface area contributed by atoms with Crippen LogP contribution in [0.15, 0.2) is 37.0 Å². The predicted molar refractivity (Wildman–Crippen MR) is 44.3 cm³/mol. The van der Waals surface area contributed by atoms with Crippen LogP contribution in [0.25, 0.3) is 0 Å². The van der Waals surface area contributed by atoms with Gasteiger partial charge in [0.2, 0.25) is 0 Å². The molecule has 0 amide bonds. The first-order valence-corrected chi connectivity index (χ1v) is 3.47. The SMILES string of the molecule is C=CCN[C]1C=CC=CC1. The lowest BCUT2D eigenvalue weighted by atomic mass is 10.1. The Hall–Kier alpha value is -0.820. The zero-order valence-electron chi connectivity index (χ0n) is 6.01. The molecule has 0 heterocycles. The smallest absolute Gasteiger partial charge is 0.0629 e. The summed E-state index contributed by atoms with van der Waals surface area (Å²) < 4.78 is 0. The Morgan fingerprint density at radius 2 is 2.50 bits per heavy atom. The second-order valence-electron chi connectivity index (χ2n) is 2.19. The molecule has 0 saturated heterocycles. The Bertz CT molecular complexity index is 156. The van der Waals surface area contributed by atoms with Crippen LogP contribution >= 0.6 is 0 Å². The summed E-state index contributed by atoms with van der Waals surface area (Å²) in [6.45, 7) is 4.48. The van der Waals surface area contributed by atoms with Gasteiger partial charge in [-0.2, -0.15) is 0 Å². The molecule has 53 valence electrons. The van der Waals surface area contributed by atoms with Crippen molar-refractivity contribution in [2.75, 3.05) is 6.54 Å². The summed E-state index contributed by atoms with van der Waals surface area (Å²) in [5.74, 6) is 0. The quantitative estimate of drug-likeness (QED) is 0.580. The van der Waals surface area contributed by atoms with Crippen LogP contribution in [-0.4, -0.2) is 6.54 Å². The van der Waals surface area contributed by atoms with Crippen LogP contribution in [0.5, 0.6) is 0 Å². The van der Waals surface area contributed by atoms with E-state index in [1.54, 1.807) is 0 Å². The molecule has 0 saturated carbocycles. The van der Waals surface area contributed by atoms with Gasteiger partial charge in [-0.1, -0.05) is 30.4 Å². The van der Waals surface area contributed by atoms with Gasteiger partial charge in [-0.3, -0.25) is 0 Å². The normalized spacial score (nSPS) is 17.6. The second-order valence-corrected chi connectivity index (χ2v) is 2.19. The lowest BCUT2D eigenvalue weighted by Gasteiger charge is -2.11. The highest BCUT2D eigenvalue weighted by Crippen LogP contribution is 2.08. The Morgan fingerprint density at radius 1 is 1.60 bits per heavy atom. The lowest BCUT2D eigenvalue weighted by Crippen LogP contribution is -2.19. The van der Waals surface area contributed by atoms with E-state index in [9.17, 15) is 0 Å². The highest BCUT2D eigenvalue weighted by Gasteiger charge is 2.01. The van der Waals surface area contributed by atoms with E-state index in [4.69, 9.17) is 0 Å². The first-order chi connectivity index (χ1) is 4.93. The maximum atomic E-state index is 3.63. The fraction of sp³-hybridized carbons (Fsp3) is 0.222. The van der Waals surface area contributed by atoms with E-state index < -0.39 is 0 Å². The molecule has 0 unspecified atom stereocenters. The number of allylic oxidation sites excluding steroid dienone is 2. The summed E-state index contributed by atoms with van der Waals surface area (Å²) in [6.07, 6.45) is 11.2. The minimum absolute atomic E-state index is 0.855. The Labute approximate surface area is 62.1 Å². The molecular formula is C9H12N. The molecule has 1 heteroatoms. The van der Waals surface area contributed by atoms with E-state index in [2.05, 4.69) is 30.1 Å². The van der Waals surface area contributed by atoms with Crippen molar-refractivity contribution in [1.29, 1.82) is 0 Å². The van der Waals surface area contributed by atoms with E-state index in [0.717, 1.165) is 13.0 Å².